The van der Waals surface area contributed by atoms with Crippen LogP contribution in [-0.2, 0) is 24.1 Å². The number of H-pyrrole nitrogens is 1. The largest absolute Gasteiger partial charge is 0.354 e. The van der Waals surface area contributed by atoms with E-state index in [0.29, 0.717) is 6.54 Å². The summed E-state index contributed by atoms with van der Waals surface area (Å²) in [7, 11) is 0. The normalized spacial score (nSPS) is 13.8. The van der Waals surface area contributed by atoms with Gasteiger partial charge in [-0.1, -0.05) is 6.92 Å². The van der Waals surface area contributed by atoms with Crippen molar-refractivity contribution in [2.75, 3.05) is 19.6 Å². The average Bonchev–Trinajstić information content (AvgIpc) is 2.50. The van der Waals surface area contributed by atoms with Crippen molar-refractivity contribution in [3.63, 3.8) is 0 Å². The number of nitrogens with one attached hydrogen (secondary N) is 3. The molecule has 1 aliphatic carbocycles. The third kappa shape index (κ3) is 4.39. The molecule has 1 heterocycles. The van der Waals surface area contributed by atoms with Crippen LogP contribution >= 0.6 is 0 Å². The minimum absolute atomic E-state index is 0.0411. The molecule has 0 aromatic carbocycles. The van der Waals surface area contributed by atoms with Crippen LogP contribution in [0.25, 0.3) is 0 Å². The molecular formula is C15H24N4O2. The number of rotatable bonds is 7. The maximum absolute atomic E-state index is 11.9. The fourth-order valence-electron chi connectivity index (χ4n) is 2.68. The molecule has 6 nitrogen and oxygen atoms in total. The molecule has 0 unspecified atom stereocenters. The topological polar surface area (TPSA) is 86.9 Å². The molecule has 0 atom stereocenters. The standard InChI is InChI=1S/C15H24N4O2/c1-2-7-16-8-9-17-14(20)10-13-11-5-3-4-6-12(11)15(21)19-18-13/h16H,2-10H2,1H3,(H,17,20)(H,19,21). The Kier molecular flexibility index (Phi) is 5.92. The first-order chi connectivity index (χ1) is 10.2. The van der Waals surface area contributed by atoms with E-state index in [2.05, 4.69) is 27.8 Å². The van der Waals surface area contributed by atoms with E-state index >= 15 is 0 Å². The van der Waals surface area contributed by atoms with Gasteiger partial charge in [-0.2, -0.15) is 5.10 Å². The highest BCUT2D eigenvalue weighted by molar-refractivity contribution is 5.78. The lowest BCUT2D eigenvalue weighted by Gasteiger charge is -2.17. The second-order valence-corrected chi connectivity index (χ2v) is 5.44. The molecule has 6 heteroatoms. The second kappa shape index (κ2) is 7.93. The van der Waals surface area contributed by atoms with Gasteiger partial charge in [0.2, 0.25) is 5.91 Å². The van der Waals surface area contributed by atoms with Crippen LogP contribution < -0.4 is 16.2 Å². The third-order valence-corrected chi connectivity index (χ3v) is 3.76. The zero-order valence-corrected chi connectivity index (χ0v) is 12.6. The van der Waals surface area contributed by atoms with Gasteiger partial charge in [0, 0.05) is 18.7 Å². The molecule has 1 aliphatic rings. The summed E-state index contributed by atoms with van der Waals surface area (Å²) in [6.45, 7) is 4.46. The lowest BCUT2D eigenvalue weighted by molar-refractivity contribution is -0.120. The number of carbonyl (C=O) groups is 1. The SMILES string of the molecule is CCCNCCNC(=O)Cc1n[nH]c(=O)c2c1CCCC2. The first-order valence-corrected chi connectivity index (χ1v) is 7.79. The molecule has 0 saturated carbocycles. The van der Waals surface area contributed by atoms with Crippen LogP contribution in [0.4, 0.5) is 0 Å². The van der Waals surface area contributed by atoms with Crippen molar-refractivity contribution >= 4 is 5.91 Å². The summed E-state index contributed by atoms with van der Waals surface area (Å²) < 4.78 is 0. The van der Waals surface area contributed by atoms with E-state index in [1.165, 1.54) is 0 Å². The van der Waals surface area contributed by atoms with Crippen molar-refractivity contribution in [2.24, 2.45) is 0 Å². The third-order valence-electron chi connectivity index (χ3n) is 3.76. The van der Waals surface area contributed by atoms with Crippen LogP contribution in [0.15, 0.2) is 4.79 Å². The molecule has 0 bridgehead atoms. The van der Waals surface area contributed by atoms with E-state index < -0.39 is 0 Å². The van der Waals surface area contributed by atoms with E-state index in [-0.39, 0.29) is 17.9 Å². The van der Waals surface area contributed by atoms with Gasteiger partial charge < -0.3 is 10.6 Å². The van der Waals surface area contributed by atoms with Crippen LogP contribution in [-0.4, -0.2) is 35.7 Å². The Morgan fingerprint density at radius 3 is 2.71 bits per heavy atom. The van der Waals surface area contributed by atoms with Gasteiger partial charge in [0.25, 0.3) is 5.56 Å². The predicted octanol–water partition coefficient (Wildman–Crippen LogP) is 0.307. The zero-order valence-electron chi connectivity index (χ0n) is 12.6. The molecule has 116 valence electrons. The number of fused-ring (bicyclic) bond motifs is 1. The van der Waals surface area contributed by atoms with Gasteiger partial charge in [-0.3, -0.25) is 9.59 Å². The molecular weight excluding hydrogens is 268 g/mol. The van der Waals surface area contributed by atoms with Crippen molar-refractivity contribution in [2.45, 2.75) is 45.4 Å². The summed E-state index contributed by atoms with van der Waals surface area (Å²) in [5, 5.41) is 12.7. The Morgan fingerprint density at radius 1 is 1.19 bits per heavy atom. The van der Waals surface area contributed by atoms with Gasteiger partial charge >= 0.3 is 0 Å². The summed E-state index contributed by atoms with van der Waals surface area (Å²) in [6.07, 6.45) is 5.08. The van der Waals surface area contributed by atoms with Crippen molar-refractivity contribution in [1.82, 2.24) is 20.8 Å². The quantitative estimate of drug-likeness (QED) is 0.631. The number of aromatic amines is 1. The zero-order chi connectivity index (χ0) is 15.1. The van der Waals surface area contributed by atoms with Crippen LogP contribution in [0.3, 0.4) is 0 Å². The van der Waals surface area contributed by atoms with E-state index in [1.54, 1.807) is 0 Å². The first-order valence-electron chi connectivity index (χ1n) is 7.79. The van der Waals surface area contributed by atoms with Gasteiger partial charge in [-0.15, -0.1) is 0 Å². The van der Waals surface area contributed by atoms with Gasteiger partial charge in [-0.05, 0) is 44.2 Å². The Morgan fingerprint density at radius 2 is 1.95 bits per heavy atom. The van der Waals surface area contributed by atoms with E-state index in [4.69, 9.17) is 0 Å². The number of carbonyl (C=O) groups excluding carboxylic acids is 1. The molecule has 1 aromatic rings. The number of nitrogens with zero attached hydrogens (tertiary/aromatic N) is 1. The monoisotopic (exact) mass is 292 g/mol. The number of hydrogen-bond donors (Lipinski definition) is 3. The van der Waals surface area contributed by atoms with Crippen LogP contribution in [0.5, 0.6) is 0 Å². The molecule has 1 amide bonds. The maximum Gasteiger partial charge on any atom is 0.267 e. The van der Waals surface area contributed by atoms with Crippen molar-refractivity contribution in [3.8, 4) is 0 Å². The van der Waals surface area contributed by atoms with E-state index in [1.807, 2.05) is 0 Å². The first kappa shape index (κ1) is 15.7. The van der Waals surface area contributed by atoms with E-state index in [9.17, 15) is 9.59 Å². The molecule has 0 saturated heterocycles. The smallest absolute Gasteiger partial charge is 0.267 e. The predicted molar refractivity (Wildman–Crippen MR) is 81.4 cm³/mol. The fraction of sp³-hybridized carbons (Fsp3) is 0.667. The Labute approximate surface area is 124 Å². The summed E-state index contributed by atoms with van der Waals surface area (Å²) in [5.74, 6) is -0.0411. The highest BCUT2D eigenvalue weighted by atomic mass is 16.1. The molecule has 2 rings (SSSR count). The van der Waals surface area contributed by atoms with Gasteiger partial charge in [-0.25, -0.2) is 5.10 Å². The Balaban J connectivity index is 1.91. The van der Waals surface area contributed by atoms with E-state index in [0.717, 1.165) is 62.0 Å². The summed E-state index contributed by atoms with van der Waals surface area (Å²) in [5.41, 5.74) is 2.44. The second-order valence-electron chi connectivity index (χ2n) is 5.44. The Bertz CT molecular complexity index is 539. The number of hydrogen-bond acceptors (Lipinski definition) is 4. The van der Waals surface area contributed by atoms with Crippen LogP contribution in [0.1, 0.15) is 43.0 Å². The molecule has 3 N–H and O–H groups in total. The number of amides is 1. The molecule has 0 spiro atoms. The number of aromatic nitrogens is 2. The highest BCUT2D eigenvalue weighted by Crippen LogP contribution is 2.20. The molecule has 0 radical (unpaired) electrons. The maximum atomic E-state index is 11.9. The highest BCUT2D eigenvalue weighted by Gasteiger charge is 2.19. The van der Waals surface area contributed by atoms with Gasteiger partial charge in [0.1, 0.15) is 0 Å². The molecule has 1 aromatic heterocycles. The lowest BCUT2D eigenvalue weighted by Crippen LogP contribution is -2.34. The fourth-order valence-corrected chi connectivity index (χ4v) is 2.68. The van der Waals surface area contributed by atoms with Crippen molar-refractivity contribution in [3.05, 3.63) is 27.2 Å². The minimum atomic E-state index is -0.0994. The average molecular weight is 292 g/mol. The molecule has 0 aliphatic heterocycles. The van der Waals surface area contributed by atoms with Gasteiger partial charge in [0.05, 0.1) is 12.1 Å². The summed E-state index contributed by atoms with van der Waals surface area (Å²) >= 11 is 0. The van der Waals surface area contributed by atoms with Gasteiger partial charge in [0.15, 0.2) is 0 Å². The van der Waals surface area contributed by atoms with Crippen molar-refractivity contribution in [1.29, 1.82) is 0 Å². The molecule has 0 fully saturated rings. The Hall–Kier alpha value is -1.69. The summed E-state index contributed by atoms with van der Waals surface area (Å²) in [4.78, 5) is 23.7. The minimum Gasteiger partial charge on any atom is -0.354 e. The molecule has 21 heavy (non-hydrogen) atoms. The summed E-state index contributed by atoms with van der Waals surface area (Å²) in [6, 6.07) is 0. The van der Waals surface area contributed by atoms with Crippen LogP contribution in [0.2, 0.25) is 0 Å². The van der Waals surface area contributed by atoms with Crippen molar-refractivity contribution < 1.29 is 4.79 Å². The lowest BCUT2D eigenvalue weighted by atomic mass is 9.91. The van der Waals surface area contributed by atoms with Crippen LogP contribution in [0, 0.1) is 0 Å².